The summed E-state index contributed by atoms with van der Waals surface area (Å²) >= 11 is 1.53. The Kier molecular flexibility index (Phi) is 5.59. The number of thiophene rings is 1. The number of hydrogen-bond acceptors (Lipinski definition) is 4. The maximum Gasteiger partial charge on any atom is 0.280 e. The summed E-state index contributed by atoms with van der Waals surface area (Å²) in [6.07, 6.45) is 4.77. The summed E-state index contributed by atoms with van der Waals surface area (Å²) in [5.41, 5.74) is 1.15. The van der Waals surface area contributed by atoms with Crippen LogP contribution in [0.5, 0.6) is 0 Å². The summed E-state index contributed by atoms with van der Waals surface area (Å²) in [6, 6.07) is 22.7. The molecule has 0 aliphatic heterocycles. The molecule has 142 valence electrons. The number of amides is 2. The van der Waals surface area contributed by atoms with Crippen LogP contribution in [0.25, 0.3) is 16.8 Å². The van der Waals surface area contributed by atoms with Gasteiger partial charge in [-0.2, -0.15) is 0 Å². The van der Waals surface area contributed by atoms with Crippen LogP contribution in [-0.4, -0.2) is 21.7 Å². The second-order valence-electron chi connectivity index (χ2n) is 6.44. The molecule has 4 rings (SSSR count). The van der Waals surface area contributed by atoms with Gasteiger partial charge in [-0.3, -0.25) is 19.5 Å². The number of nitrogens with zero attached hydrogens (tertiary/aromatic N) is 2. The van der Waals surface area contributed by atoms with E-state index in [2.05, 4.69) is 4.98 Å². The van der Waals surface area contributed by atoms with Gasteiger partial charge in [0.05, 0.1) is 6.54 Å². The topological polar surface area (TPSA) is 50.3 Å². The lowest BCUT2D eigenvalue weighted by molar-refractivity contribution is -0.124. The van der Waals surface area contributed by atoms with Crippen molar-refractivity contribution >= 4 is 40.0 Å². The Morgan fingerprint density at radius 3 is 2.52 bits per heavy atom. The molecular weight excluding hydrogens is 380 g/mol. The maximum atomic E-state index is 13.4. The first kappa shape index (κ1) is 18.8. The standard InChI is InChI=1S/C24H18N2O2S/c27-22(13-12-20-10-6-16-29-20)26(17-18-7-2-1-3-8-18)24(28)23-21-11-5-4-9-19(21)14-15-25-23/h1-16H,17H2/b13-12+. The van der Waals surface area contributed by atoms with E-state index in [1.54, 1.807) is 12.3 Å². The van der Waals surface area contributed by atoms with E-state index in [0.29, 0.717) is 0 Å². The van der Waals surface area contributed by atoms with Crippen molar-refractivity contribution in [1.29, 1.82) is 0 Å². The molecule has 4 nitrogen and oxygen atoms in total. The minimum absolute atomic E-state index is 0.179. The third-order valence-electron chi connectivity index (χ3n) is 4.50. The number of imide groups is 1. The molecule has 0 unspecified atom stereocenters. The van der Waals surface area contributed by atoms with Crippen molar-refractivity contribution < 1.29 is 9.59 Å². The smallest absolute Gasteiger partial charge is 0.269 e. The van der Waals surface area contributed by atoms with Gasteiger partial charge in [-0.15, -0.1) is 11.3 Å². The van der Waals surface area contributed by atoms with Gasteiger partial charge < -0.3 is 0 Å². The molecule has 0 fully saturated rings. The fourth-order valence-corrected chi connectivity index (χ4v) is 3.68. The lowest BCUT2D eigenvalue weighted by Crippen LogP contribution is -2.35. The number of rotatable bonds is 5. The number of carbonyl (C=O) groups excluding carboxylic acids is 2. The van der Waals surface area contributed by atoms with Crippen molar-refractivity contribution in [2.45, 2.75) is 6.54 Å². The van der Waals surface area contributed by atoms with E-state index in [1.165, 1.54) is 22.3 Å². The van der Waals surface area contributed by atoms with Crippen LogP contribution in [-0.2, 0) is 11.3 Å². The van der Waals surface area contributed by atoms with Gasteiger partial charge in [0.25, 0.3) is 11.8 Å². The van der Waals surface area contributed by atoms with Gasteiger partial charge >= 0.3 is 0 Å². The van der Waals surface area contributed by atoms with E-state index in [-0.39, 0.29) is 18.1 Å². The molecule has 0 radical (unpaired) electrons. The first-order chi connectivity index (χ1) is 14.2. The average Bonchev–Trinajstić information content (AvgIpc) is 3.29. The zero-order valence-corrected chi connectivity index (χ0v) is 16.4. The normalized spacial score (nSPS) is 11.0. The van der Waals surface area contributed by atoms with Crippen LogP contribution in [0.15, 0.2) is 90.4 Å². The Labute approximate surface area is 172 Å². The Balaban J connectivity index is 1.70. The van der Waals surface area contributed by atoms with Crippen LogP contribution >= 0.6 is 11.3 Å². The second kappa shape index (κ2) is 8.63. The summed E-state index contributed by atoms with van der Waals surface area (Å²) in [5.74, 6) is -0.784. The fraction of sp³-hybridized carbons (Fsp3) is 0.0417. The van der Waals surface area contributed by atoms with Gasteiger partial charge in [-0.1, -0.05) is 60.7 Å². The number of fused-ring (bicyclic) bond motifs is 1. The van der Waals surface area contributed by atoms with Gasteiger partial charge in [-0.25, -0.2) is 0 Å². The highest BCUT2D eigenvalue weighted by atomic mass is 32.1. The SMILES string of the molecule is O=C(/C=C/c1cccs1)N(Cc1ccccc1)C(=O)c1nccc2ccccc12. The Bertz CT molecular complexity index is 1160. The molecule has 0 aliphatic carbocycles. The molecule has 4 aromatic rings. The highest BCUT2D eigenvalue weighted by Gasteiger charge is 2.24. The third-order valence-corrected chi connectivity index (χ3v) is 5.34. The molecule has 29 heavy (non-hydrogen) atoms. The van der Waals surface area contributed by atoms with E-state index >= 15 is 0 Å². The lowest BCUT2D eigenvalue weighted by Gasteiger charge is -2.20. The number of pyridine rings is 1. The van der Waals surface area contributed by atoms with E-state index in [9.17, 15) is 9.59 Å². The molecule has 0 N–H and O–H groups in total. The molecule has 0 aliphatic rings. The average molecular weight is 398 g/mol. The molecule has 0 atom stereocenters. The van der Waals surface area contributed by atoms with Crippen molar-refractivity contribution in [3.63, 3.8) is 0 Å². The van der Waals surface area contributed by atoms with Crippen LogP contribution in [0, 0.1) is 0 Å². The minimum atomic E-state index is -0.411. The van der Waals surface area contributed by atoms with Crippen molar-refractivity contribution in [3.05, 3.63) is 107 Å². The zero-order valence-electron chi connectivity index (χ0n) is 15.6. The molecule has 2 aromatic carbocycles. The summed E-state index contributed by atoms with van der Waals surface area (Å²) in [5, 5.41) is 3.58. The molecule has 2 heterocycles. The van der Waals surface area contributed by atoms with E-state index in [0.717, 1.165) is 21.2 Å². The molecule has 2 amide bonds. The summed E-state index contributed by atoms with van der Waals surface area (Å²) < 4.78 is 0. The fourth-order valence-electron chi connectivity index (χ4n) is 3.06. The van der Waals surface area contributed by atoms with Crippen molar-refractivity contribution in [3.8, 4) is 0 Å². The van der Waals surface area contributed by atoms with E-state index in [1.807, 2.05) is 78.2 Å². The number of benzene rings is 2. The molecule has 5 heteroatoms. The predicted octanol–water partition coefficient (Wildman–Crippen LogP) is 5.18. The van der Waals surface area contributed by atoms with E-state index < -0.39 is 5.91 Å². The molecule has 0 spiro atoms. The van der Waals surface area contributed by atoms with Crippen LogP contribution in [0.3, 0.4) is 0 Å². The van der Waals surface area contributed by atoms with Gasteiger partial charge in [0.2, 0.25) is 0 Å². The maximum absolute atomic E-state index is 13.4. The molecule has 0 saturated carbocycles. The molecule has 0 bridgehead atoms. The minimum Gasteiger partial charge on any atom is -0.269 e. The van der Waals surface area contributed by atoms with Crippen LogP contribution < -0.4 is 0 Å². The van der Waals surface area contributed by atoms with E-state index in [4.69, 9.17) is 0 Å². The number of carbonyl (C=O) groups is 2. The van der Waals surface area contributed by atoms with Gasteiger partial charge in [0.1, 0.15) is 5.69 Å². The molecule has 2 aromatic heterocycles. The van der Waals surface area contributed by atoms with Gasteiger partial charge in [0, 0.05) is 22.5 Å². The lowest BCUT2D eigenvalue weighted by atomic mass is 10.1. The van der Waals surface area contributed by atoms with Crippen LogP contribution in [0.2, 0.25) is 0 Å². The Morgan fingerprint density at radius 1 is 0.931 bits per heavy atom. The highest BCUT2D eigenvalue weighted by molar-refractivity contribution is 7.10. The Morgan fingerprint density at radius 2 is 1.72 bits per heavy atom. The van der Waals surface area contributed by atoms with Crippen molar-refractivity contribution in [2.24, 2.45) is 0 Å². The second-order valence-corrected chi connectivity index (χ2v) is 7.42. The van der Waals surface area contributed by atoms with Crippen LogP contribution in [0.4, 0.5) is 0 Å². The zero-order chi connectivity index (χ0) is 20.1. The molecule has 0 saturated heterocycles. The number of aromatic nitrogens is 1. The van der Waals surface area contributed by atoms with Crippen molar-refractivity contribution in [1.82, 2.24) is 9.88 Å². The monoisotopic (exact) mass is 398 g/mol. The summed E-state index contributed by atoms with van der Waals surface area (Å²) in [6.45, 7) is 0.179. The van der Waals surface area contributed by atoms with Crippen molar-refractivity contribution in [2.75, 3.05) is 0 Å². The summed E-state index contributed by atoms with van der Waals surface area (Å²) in [4.78, 5) is 32.9. The third kappa shape index (κ3) is 4.31. The predicted molar refractivity (Wildman–Crippen MR) is 116 cm³/mol. The van der Waals surface area contributed by atoms with Gasteiger partial charge in [-0.05, 0) is 34.5 Å². The first-order valence-corrected chi connectivity index (χ1v) is 10.1. The van der Waals surface area contributed by atoms with Crippen LogP contribution in [0.1, 0.15) is 20.9 Å². The number of hydrogen-bond donors (Lipinski definition) is 0. The first-order valence-electron chi connectivity index (χ1n) is 9.17. The molecular formula is C24H18N2O2S. The highest BCUT2D eigenvalue weighted by Crippen LogP contribution is 2.20. The Hall–Kier alpha value is -3.57. The summed E-state index contributed by atoms with van der Waals surface area (Å²) in [7, 11) is 0. The quantitative estimate of drug-likeness (QED) is 0.435. The van der Waals surface area contributed by atoms with Gasteiger partial charge in [0.15, 0.2) is 0 Å². The largest absolute Gasteiger partial charge is 0.280 e.